The number of urea groups is 1. The maximum atomic E-state index is 14.1. The van der Waals surface area contributed by atoms with E-state index in [4.69, 9.17) is 17.2 Å². The zero-order valence-corrected chi connectivity index (χ0v) is 34.2. The molecule has 5 rings (SSSR count). The van der Waals surface area contributed by atoms with E-state index in [2.05, 4.69) is 41.6 Å². The second kappa shape index (κ2) is 22.5. The van der Waals surface area contributed by atoms with E-state index in [0.29, 0.717) is 41.8 Å². The highest BCUT2D eigenvalue weighted by molar-refractivity contribution is 5.95. The number of imidazole rings is 1. The minimum absolute atomic E-state index is 0.00737. The molecule has 5 atom stereocenters. The SMILES string of the molecule is C[C@H](NC(=O)[C@@H](Cc1c[nH]c2ccccc12)NC(=O)[C@@H](N)Cc1cnc[nH]1)C(=O)NN(Cc1ccc(F)cc1)C(=O)N[C@H](Cc1ccccc1)C(=O)N[C@@H](CCCCN)C(N)=O. The van der Waals surface area contributed by atoms with Gasteiger partial charge in [-0.05, 0) is 67.6 Å². The number of benzene rings is 3. The number of H-pyrrole nitrogens is 2. The largest absolute Gasteiger partial charge is 0.368 e. The molecular weight excluding hydrogens is 800 g/mol. The number of aromatic nitrogens is 3. The first-order valence-corrected chi connectivity index (χ1v) is 20.2. The normalized spacial score (nSPS) is 13.5. The van der Waals surface area contributed by atoms with Gasteiger partial charge in [-0.15, -0.1) is 0 Å². The van der Waals surface area contributed by atoms with E-state index in [1.54, 1.807) is 36.5 Å². The molecule has 2 aromatic heterocycles. The minimum atomic E-state index is -1.29. The Bertz CT molecular complexity index is 2270. The Labute approximate surface area is 357 Å². The third-order valence-electron chi connectivity index (χ3n) is 10.1. The van der Waals surface area contributed by atoms with E-state index in [0.717, 1.165) is 15.9 Å². The summed E-state index contributed by atoms with van der Waals surface area (Å²) in [6, 6.07) is 14.6. The summed E-state index contributed by atoms with van der Waals surface area (Å²) in [5.74, 6) is -4.19. The Balaban J connectivity index is 1.34. The number of hydrazine groups is 1. The number of carbonyl (C=O) groups is 6. The standard InChI is InChI=1S/C43H53FN12O6/c1-26(51-41(60)37(20-29-22-49-34-12-6-5-11-32(29)34)53-40(59)33(46)21-31-23-48-25-50-31)39(58)55-56(24-28-14-16-30(44)17-15-28)43(62)54-36(19-27-9-3-2-4-10-27)42(61)52-35(38(47)57)13-7-8-18-45/h2-6,9-12,14-17,22-23,25-26,33,35-37,49H,7-8,13,18-21,24,45-46H2,1H3,(H2,47,57)(H,48,50)(H,51,60)(H,52,61)(H,53,59)(H,54,62)(H,55,58)/t26-,33-,35-,36+,37+/m0/s1. The van der Waals surface area contributed by atoms with Crippen molar-refractivity contribution in [1.29, 1.82) is 0 Å². The number of nitrogens with zero attached hydrogens (tertiary/aromatic N) is 2. The smallest absolute Gasteiger partial charge is 0.337 e. The van der Waals surface area contributed by atoms with Crippen LogP contribution in [0.3, 0.4) is 0 Å². The van der Waals surface area contributed by atoms with Crippen LogP contribution in [0, 0.1) is 5.82 Å². The summed E-state index contributed by atoms with van der Waals surface area (Å²) in [4.78, 5) is 91.3. The number of aromatic amines is 2. The summed E-state index contributed by atoms with van der Waals surface area (Å²) in [6.45, 7) is 1.47. The number of primary amides is 1. The zero-order chi connectivity index (χ0) is 44.6. The highest BCUT2D eigenvalue weighted by Crippen LogP contribution is 2.19. The fraction of sp³-hybridized carbons (Fsp3) is 0.326. The first-order chi connectivity index (χ1) is 29.8. The number of halogens is 1. The van der Waals surface area contributed by atoms with Gasteiger partial charge in [0.25, 0.3) is 5.91 Å². The van der Waals surface area contributed by atoms with Gasteiger partial charge in [-0.2, -0.15) is 0 Å². The predicted octanol–water partition coefficient (Wildman–Crippen LogP) is 1.09. The molecule has 0 unspecified atom stereocenters. The van der Waals surface area contributed by atoms with Crippen LogP contribution in [0.2, 0.25) is 0 Å². The molecular formula is C43H53FN12O6. The summed E-state index contributed by atoms with van der Waals surface area (Å²) in [5, 5.41) is 12.4. The van der Waals surface area contributed by atoms with Crippen LogP contribution >= 0.6 is 0 Å². The first kappa shape index (κ1) is 46.0. The van der Waals surface area contributed by atoms with Crippen molar-refractivity contribution in [3.8, 4) is 0 Å². The molecule has 0 bridgehead atoms. The summed E-state index contributed by atoms with van der Waals surface area (Å²) in [6.07, 6.45) is 6.20. The van der Waals surface area contributed by atoms with Crippen LogP contribution in [0.25, 0.3) is 10.9 Å². The number of amides is 7. The van der Waals surface area contributed by atoms with Crippen LogP contribution in [0.15, 0.2) is 97.6 Å². The molecule has 0 saturated heterocycles. The number of fused-ring (bicyclic) bond motifs is 1. The minimum Gasteiger partial charge on any atom is -0.368 e. The van der Waals surface area contributed by atoms with Crippen LogP contribution in [0.5, 0.6) is 0 Å². The molecule has 0 aliphatic rings. The molecule has 2 heterocycles. The number of rotatable bonds is 21. The summed E-state index contributed by atoms with van der Waals surface area (Å²) >= 11 is 0. The van der Waals surface area contributed by atoms with Gasteiger partial charge in [-0.1, -0.05) is 60.7 Å². The number of nitrogens with one attached hydrogen (secondary N) is 7. The molecule has 328 valence electrons. The van der Waals surface area contributed by atoms with Crippen LogP contribution < -0.4 is 43.9 Å². The Hall–Kier alpha value is -7.12. The van der Waals surface area contributed by atoms with E-state index in [-0.39, 0.29) is 32.2 Å². The fourth-order valence-corrected chi connectivity index (χ4v) is 6.61. The Kier molecular flexibility index (Phi) is 16.7. The second-order valence-corrected chi connectivity index (χ2v) is 14.9. The van der Waals surface area contributed by atoms with Crippen molar-refractivity contribution in [1.82, 2.24) is 46.7 Å². The van der Waals surface area contributed by atoms with E-state index < -0.39 is 71.6 Å². The van der Waals surface area contributed by atoms with Gasteiger partial charge in [0.15, 0.2) is 0 Å². The second-order valence-electron chi connectivity index (χ2n) is 14.9. The predicted molar refractivity (Wildman–Crippen MR) is 228 cm³/mol. The van der Waals surface area contributed by atoms with Crippen molar-refractivity contribution in [3.63, 3.8) is 0 Å². The van der Waals surface area contributed by atoms with Gasteiger partial charge in [0.1, 0.15) is 30.0 Å². The summed E-state index contributed by atoms with van der Waals surface area (Å²) < 4.78 is 13.9. The van der Waals surface area contributed by atoms with Gasteiger partial charge in [-0.25, -0.2) is 19.2 Å². The van der Waals surface area contributed by atoms with Gasteiger partial charge in [0.05, 0.1) is 18.9 Å². The number of hydrogen-bond acceptors (Lipinski definition) is 9. The summed E-state index contributed by atoms with van der Waals surface area (Å²) in [7, 11) is 0. The molecule has 0 aliphatic carbocycles. The van der Waals surface area contributed by atoms with Crippen molar-refractivity contribution < 1.29 is 33.2 Å². The van der Waals surface area contributed by atoms with Gasteiger partial charge < -0.3 is 48.4 Å². The molecule has 0 aliphatic heterocycles. The molecule has 7 amide bonds. The van der Waals surface area contributed by atoms with Gasteiger partial charge in [0, 0.05) is 48.3 Å². The Morgan fingerprint density at radius 2 is 1.42 bits per heavy atom. The lowest BCUT2D eigenvalue weighted by molar-refractivity contribution is -0.133. The molecule has 13 N–H and O–H groups in total. The van der Waals surface area contributed by atoms with Crippen LogP contribution in [0.1, 0.15) is 48.6 Å². The topological polar surface area (TPSA) is 288 Å². The van der Waals surface area contributed by atoms with Crippen LogP contribution in [-0.4, -0.2) is 92.3 Å². The molecule has 0 fully saturated rings. The van der Waals surface area contributed by atoms with E-state index >= 15 is 0 Å². The fourth-order valence-electron chi connectivity index (χ4n) is 6.61. The van der Waals surface area contributed by atoms with Gasteiger partial charge in [-0.3, -0.25) is 29.4 Å². The lowest BCUT2D eigenvalue weighted by atomic mass is 10.0. The summed E-state index contributed by atoms with van der Waals surface area (Å²) in [5.41, 5.74) is 23.2. The van der Waals surface area contributed by atoms with Crippen molar-refractivity contribution in [2.24, 2.45) is 17.2 Å². The molecule has 62 heavy (non-hydrogen) atoms. The maximum Gasteiger partial charge on any atom is 0.337 e. The maximum absolute atomic E-state index is 14.1. The Morgan fingerprint density at radius 1 is 0.742 bits per heavy atom. The lowest BCUT2D eigenvalue weighted by Crippen LogP contribution is -2.60. The van der Waals surface area contributed by atoms with Crippen molar-refractivity contribution in [2.45, 2.75) is 82.2 Å². The molecule has 3 aromatic carbocycles. The first-order valence-electron chi connectivity index (χ1n) is 20.2. The van der Waals surface area contributed by atoms with Crippen LogP contribution in [0.4, 0.5) is 9.18 Å². The van der Waals surface area contributed by atoms with Crippen molar-refractivity contribution in [2.75, 3.05) is 6.54 Å². The van der Waals surface area contributed by atoms with Crippen molar-refractivity contribution >= 4 is 46.5 Å². The molecule has 0 saturated carbocycles. The van der Waals surface area contributed by atoms with E-state index in [1.807, 2.05) is 24.3 Å². The number of nitrogens with two attached hydrogens (primary N) is 3. The average Bonchev–Trinajstić information content (AvgIpc) is 3.93. The van der Waals surface area contributed by atoms with Gasteiger partial charge >= 0.3 is 6.03 Å². The third-order valence-corrected chi connectivity index (χ3v) is 10.1. The molecule has 0 spiro atoms. The highest BCUT2D eigenvalue weighted by Gasteiger charge is 2.31. The van der Waals surface area contributed by atoms with Gasteiger partial charge in [0.2, 0.25) is 23.6 Å². The average molecular weight is 853 g/mol. The number of unbranched alkanes of at least 4 members (excludes halogenated alkanes) is 1. The lowest BCUT2D eigenvalue weighted by Gasteiger charge is -2.29. The molecule has 0 radical (unpaired) electrons. The number of hydrogen-bond donors (Lipinski definition) is 10. The molecule has 19 heteroatoms. The van der Waals surface area contributed by atoms with E-state index in [9.17, 15) is 33.2 Å². The quantitative estimate of drug-likeness (QED) is 0.0373. The van der Waals surface area contributed by atoms with Crippen molar-refractivity contribution in [3.05, 3.63) is 126 Å². The third kappa shape index (κ3) is 13.4. The highest BCUT2D eigenvalue weighted by atomic mass is 19.1. The van der Waals surface area contributed by atoms with E-state index in [1.165, 1.54) is 43.7 Å². The number of carbonyl (C=O) groups excluding carboxylic acids is 6. The van der Waals surface area contributed by atoms with Crippen LogP contribution in [-0.2, 0) is 49.8 Å². The monoisotopic (exact) mass is 852 g/mol. The Morgan fingerprint density at radius 3 is 2.11 bits per heavy atom. The molecule has 5 aromatic rings. The number of para-hydroxylation sites is 1. The molecule has 18 nitrogen and oxygen atoms in total. The zero-order valence-electron chi connectivity index (χ0n) is 34.2.